The largest absolute Gasteiger partial charge is 0.492 e. The van der Waals surface area contributed by atoms with Crippen molar-refractivity contribution in [1.29, 1.82) is 0 Å². The first-order chi connectivity index (χ1) is 10.1. The SMILES string of the molecule is COC(=O)c1cccc(OCCN2CCSC(C)C2C)c1. The van der Waals surface area contributed by atoms with E-state index in [4.69, 9.17) is 9.47 Å². The van der Waals surface area contributed by atoms with Crippen LogP contribution in [-0.2, 0) is 4.74 Å². The topological polar surface area (TPSA) is 38.8 Å². The maximum absolute atomic E-state index is 11.5. The van der Waals surface area contributed by atoms with Crippen molar-refractivity contribution in [2.75, 3.05) is 32.6 Å². The number of benzene rings is 1. The molecule has 0 aliphatic carbocycles. The Kier molecular flexibility index (Phi) is 5.94. The second kappa shape index (κ2) is 7.71. The Morgan fingerprint density at radius 1 is 1.43 bits per heavy atom. The van der Waals surface area contributed by atoms with Crippen LogP contribution in [0.5, 0.6) is 5.75 Å². The van der Waals surface area contributed by atoms with E-state index in [1.807, 2.05) is 23.9 Å². The Bertz CT molecular complexity index is 480. The number of carbonyl (C=O) groups is 1. The molecule has 1 fully saturated rings. The lowest BCUT2D eigenvalue weighted by Crippen LogP contribution is -2.46. The molecule has 1 aliphatic rings. The Morgan fingerprint density at radius 2 is 2.24 bits per heavy atom. The van der Waals surface area contributed by atoms with Gasteiger partial charge in [0, 0.05) is 30.1 Å². The van der Waals surface area contributed by atoms with Crippen molar-refractivity contribution in [1.82, 2.24) is 4.90 Å². The van der Waals surface area contributed by atoms with Crippen molar-refractivity contribution in [3.05, 3.63) is 29.8 Å². The van der Waals surface area contributed by atoms with Gasteiger partial charge in [0.1, 0.15) is 12.4 Å². The summed E-state index contributed by atoms with van der Waals surface area (Å²) >= 11 is 2.03. The minimum atomic E-state index is -0.337. The van der Waals surface area contributed by atoms with E-state index in [-0.39, 0.29) is 5.97 Å². The predicted octanol–water partition coefficient (Wildman–Crippen LogP) is 2.68. The van der Waals surface area contributed by atoms with E-state index >= 15 is 0 Å². The fourth-order valence-electron chi connectivity index (χ4n) is 2.42. The van der Waals surface area contributed by atoms with Crippen LogP contribution in [0, 0.1) is 0 Å². The Labute approximate surface area is 130 Å². The lowest BCUT2D eigenvalue weighted by molar-refractivity contribution is 0.0600. The van der Waals surface area contributed by atoms with Crippen LogP contribution >= 0.6 is 11.8 Å². The minimum Gasteiger partial charge on any atom is -0.492 e. The highest BCUT2D eigenvalue weighted by atomic mass is 32.2. The fourth-order valence-corrected chi connectivity index (χ4v) is 3.58. The molecular weight excluding hydrogens is 286 g/mol. The molecular formula is C16H23NO3S. The number of rotatable bonds is 5. The van der Waals surface area contributed by atoms with Gasteiger partial charge < -0.3 is 9.47 Å². The molecule has 0 bridgehead atoms. The Balaban J connectivity index is 1.84. The first-order valence-corrected chi connectivity index (χ1v) is 8.33. The van der Waals surface area contributed by atoms with Crippen LogP contribution in [-0.4, -0.2) is 54.7 Å². The second-order valence-corrected chi connectivity index (χ2v) is 6.71. The highest BCUT2D eigenvalue weighted by Gasteiger charge is 2.24. The molecule has 116 valence electrons. The van der Waals surface area contributed by atoms with E-state index in [0.29, 0.717) is 29.2 Å². The molecule has 0 N–H and O–H groups in total. The van der Waals surface area contributed by atoms with Gasteiger partial charge in [0.2, 0.25) is 0 Å². The molecule has 2 atom stereocenters. The Morgan fingerprint density at radius 3 is 3.00 bits per heavy atom. The summed E-state index contributed by atoms with van der Waals surface area (Å²) in [5, 5.41) is 0.668. The number of esters is 1. The molecule has 1 heterocycles. The zero-order valence-electron chi connectivity index (χ0n) is 12.9. The first-order valence-electron chi connectivity index (χ1n) is 7.28. The first kappa shape index (κ1) is 16.2. The zero-order valence-corrected chi connectivity index (χ0v) is 13.7. The molecule has 1 saturated heterocycles. The highest BCUT2D eigenvalue weighted by molar-refractivity contribution is 8.00. The molecule has 1 aromatic rings. The molecule has 0 spiro atoms. The average molecular weight is 309 g/mol. The van der Waals surface area contributed by atoms with Crippen LogP contribution in [0.2, 0.25) is 0 Å². The Hall–Kier alpha value is -1.20. The fraction of sp³-hybridized carbons (Fsp3) is 0.562. The second-order valence-electron chi connectivity index (χ2n) is 5.22. The summed E-state index contributed by atoms with van der Waals surface area (Å²) in [7, 11) is 1.38. The van der Waals surface area contributed by atoms with Gasteiger partial charge in [0.05, 0.1) is 12.7 Å². The van der Waals surface area contributed by atoms with Crippen LogP contribution in [0.1, 0.15) is 24.2 Å². The quantitative estimate of drug-likeness (QED) is 0.782. The lowest BCUT2D eigenvalue weighted by atomic mass is 10.2. The van der Waals surface area contributed by atoms with Gasteiger partial charge in [0.25, 0.3) is 0 Å². The van der Waals surface area contributed by atoms with E-state index in [1.54, 1.807) is 12.1 Å². The van der Waals surface area contributed by atoms with Crippen molar-refractivity contribution in [2.24, 2.45) is 0 Å². The summed E-state index contributed by atoms with van der Waals surface area (Å²) in [6.07, 6.45) is 0. The van der Waals surface area contributed by atoms with E-state index < -0.39 is 0 Å². The van der Waals surface area contributed by atoms with Crippen LogP contribution in [0.15, 0.2) is 24.3 Å². The predicted molar refractivity (Wildman–Crippen MR) is 86.2 cm³/mol. The van der Waals surface area contributed by atoms with E-state index in [1.165, 1.54) is 12.9 Å². The summed E-state index contributed by atoms with van der Waals surface area (Å²) in [5.74, 6) is 1.56. The van der Waals surface area contributed by atoms with Gasteiger partial charge in [-0.2, -0.15) is 11.8 Å². The van der Waals surface area contributed by atoms with E-state index in [0.717, 1.165) is 13.1 Å². The van der Waals surface area contributed by atoms with Gasteiger partial charge in [0.15, 0.2) is 0 Å². The normalized spacial score (nSPS) is 22.8. The number of hydrogen-bond donors (Lipinski definition) is 0. The molecule has 0 aromatic heterocycles. The standard InChI is InChI=1S/C16H23NO3S/c1-12-13(2)21-10-8-17(12)7-9-20-15-6-4-5-14(11-15)16(18)19-3/h4-6,11-13H,7-10H2,1-3H3. The maximum Gasteiger partial charge on any atom is 0.337 e. The highest BCUT2D eigenvalue weighted by Crippen LogP contribution is 2.24. The molecule has 4 nitrogen and oxygen atoms in total. The van der Waals surface area contributed by atoms with Crippen molar-refractivity contribution < 1.29 is 14.3 Å². The van der Waals surface area contributed by atoms with E-state index in [2.05, 4.69) is 18.7 Å². The third-order valence-corrected chi connectivity index (χ3v) is 5.25. The van der Waals surface area contributed by atoms with Crippen molar-refractivity contribution in [2.45, 2.75) is 25.1 Å². The molecule has 0 radical (unpaired) electrons. The van der Waals surface area contributed by atoms with Crippen molar-refractivity contribution >= 4 is 17.7 Å². The molecule has 0 amide bonds. The molecule has 2 rings (SSSR count). The molecule has 5 heteroatoms. The van der Waals surface area contributed by atoms with Crippen LogP contribution in [0.4, 0.5) is 0 Å². The van der Waals surface area contributed by atoms with Crippen molar-refractivity contribution in [3.8, 4) is 5.75 Å². The maximum atomic E-state index is 11.5. The summed E-state index contributed by atoms with van der Waals surface area (Å²) in [4.78, 5) is 13.9. The van der Waals surface area contributed by atoms with Gasteiger partial charge in [-0.1, -0.05) is 13.0 Å². The number of nitrogens with zero attached hydrogens (tertiary/aromatic N) is 1. The monoisotopic (exact) mass is 309 g/mol. The summed E-state index contributed by atoms with van der Waals surface area (Å²) in [6.45, 7) is 7.21. The number of ether oxygens (including phenoxy) is 2. The minimum absolute atomic E-state index is 0.337. The lowest BCUT2D eigenvalue weighted by Gasteiger charge is -2.37. The van der Waals surface area contributed by atoms with Gasteiger partial charge in [-0.15, -0.1) is 0 Å². The summed E-state index contributed by atoms with van der Waals surface area (Å²) < 4.78 is 10.5. The smallest absolute Gasteiger partial charge is 0.337 e. The molecule has 0 saturated carbocycles. The summed E-state index contributed by atoms with van der Waals surface area (Å²) in [5.41, 5.74) is 0.520. The summed E-state index contributed by atoms with van der Waals surface area (Å²) in [6, 6.07) is 7.71. The van der Waals surface area contributed by atoms with Crippen LogP contribution in [0.25, 0.3) is 0 Å². The number of thioether (sulfide) groups is 1. The third kappa shape index (κ3) is 4.38. The van der Waals surface area contributed by atoms with Crippen molar-refractivity contribution in [3.63, 3.8) is 0 Å². The van der Waals surface area contributed by atoms with Gasteiger partial charge in [-0.25, -0.2) is 4.79 Å². The van der Waals surface area contributed by atoms with Gasteiger partial charge >= 0.3 is 5.97 Å². The van der Waals surface area contributed by atoms with Crippen LogP contribution < -0.4 is 4.74 Å². The zero-order chi connectivity index (χ0) is 15.2. The molecule has 2 unspecified atom stereocenters. The number of carbonyl (C=O) groups excluding carboxylic acids is 1. The third-order valence-electron chi connectivity index (χ3n) is 3.92. The van der Waals surface area contributed by atoms with Gasteiger partial charge in [-0.3, -0.25) is 4.90 Å². The number of hydrogen-bond acceptors (Lipinski definition) is 5. The molecule has 21 heavy (non-hydrogen) atoms. The van der Waals surface area contributed by atoms with E-state index in [9.17, 15) is 4.79 Å². The average Bonchev–Trinajstić information content (AvgIpc) is 2.51. The molecule has 1 aliphatic heterocycles. The van der Waals surface area contributed by atoms with Gasteiger partial charge in [-0.05, 0) is 25.1 Å². The molecule has 1 aromatic carbocycles. The number of methoxy groups -OCH3 is 1. The van der Waals surface area contributed by atoms with Crippen LogP contribution in [0.3, 0.4) is 0 Å².